The molecule has 0 amide bonds. The first-order chi connectivity index (χ1) is 25.2. The van der Waals surface area contributed by atoms with Crippen molar-refractivity contribution in [2.75, 3.05) is 6.61 Å². The Morgan fingerprint density at radius 3 is 0.904 bits per heavy atom. The van der Waals surface area contributed by atoms with Crippen LogP contribution in [0.15, 0.2) is 0 Å². The minimum absolute atomic E-state index is 0.0577. The van der Waals surface area contributed by atoms with E-state index in [0.29, 0.717) is 19.3 Å². The highest BCUT2D eigenvalue weighted by molar-refractivity contribution is 5.92. The van der Waals surface area contributed by atoms with Gasteiger partial charge in [0, 0.05) is 6.61 Å². The van der Waals surface area contributed by atoms with E-state index in [1.54, 1.807) is 0 Å². The molecule has 0 saturated carbocycles. The average molecular weight is 739 g/mol. The van der Waals surface area contributed by atoms with Crippen molar-refractivity contribution in [1.29, 1.82) is 0 Å². The highest BCUT2D eigenvalue weighted by Gasteiger charge is 2.63. The number of rotatable bonds is 42. The topological polar surface area (TPSA) is 121 Å². The summed E-state index contributed by atoms with van der Waals surface area (Å²) in [6.45, 7) is 6.74. The summed E-state index contributed by atoms with van der Waals surface area (Å²) in [5, 5.41) is 31.7. The van der Waals surface area contributed by atoms with Gasteiger partial charge in [0.15, 0.2) is 5.60 Å². The van der Waals surface area contributed by atoms with Crippen molar-refractivity contribution in [1.82, 2.24) is 0 Å². The average Bonchev–Trinajstić information content (AvgIpc) is 3.11. The van der Waals surface area contributed by atoms with E-state index in [0.717, 1.165) is 70.6 Å². The van der Waals surface area contributed by atoms with Crippen LogP contribution in [-0.4, -0.2) is 45.4 Å². The number of unbranched alkanes of at least 4 members (excludes halogenated alkanes) is 30. The molecule has 0 aromatic carbocycles. The van der Waals surface area contributed by atoms with E-state index in [-0.39, 0.29) is 19.4 Å². The Balaban J connectivity index is 5.44. The van der Waals surface area contributed by atoms with Crippen LogP contribution in [0.1, 0.15) is 252 Å². The van der Waals surface area contributed by atoms with Gasteiger partial charge in [0.05, 0.1) is 6.42 Å². The lowest BCUT2D eigenvalue weighted by atomic mass is 9.63. The standard InChI is InChI=1S/C45H86O7/c1-4-7-10-13-16-19-22-25-28-31-34-37-44(42(48)49,38-35-32-29-26-23-20-17-14-11-8-5-2)45(43(50)51,40-41(46)47)52-39-36-33-30-27-24-21-18-15-12-9-6-3/h4-40H2,1-3H3,(H,46,47)(H,48,49)(H,50,51). The van der Waals surface area contributed by atoms with Crippen LogP contribution in [0.2, 0.25) is 0 Å². The molecule has 0 aliphatic carbocycles. The Kier molecular flexibility index (Phi) is 34.0. The summed E-state index contributed by atoms with van der Waals surface area (Å²) in [4.78, 5) is 38.8. The molecule has 0 bridgehead atoms. The summed E-state index contributed by atoms with van der Waals surface area (Å²) in [6, 6.07) is 0. The fraction of sp³-hybridized carbons (Fsp3) is 0.933. The third-order valence-electron chi connectivity index (χ3n) is 11.4. The summed E-state index contributed by atoms with van der Waals surface area (Å²) in [7, 11) is 0. The van der Waals surface area contributed by atoms with Gasteiger partial charge in [0.2, 0.25) is 0 Å². The Bertz CT molecular complexity index is 818. The third kappa shape index (κ3) is 23.9. The fourth-order valence-electron chi connectivity index (χ4n) is 8.02. The molecule has 0 aromatic rings. The molecule has 3 N–H and O–H groups in total. The Hall–Kier alpha value is -1.63. The number of carbonyl (C=O) groups is 3. The first-order valence-electron chi connectivity index (χ1n) is 22.6. The lowest BCUT2D eigenvalue weighted by Crippen LogP contribution is -2.61. The fourth-order valence-corrected chi connectivity index (χ4v) is 8.02. The molecule has 0 rings (SSSR count). The van der Waals surface area contributed by atoms with Gasteiger partial charge < -0.3 is 20.1 Å². The Morgan fingerprint density at radius 2 is 0.654 bits per heavy atom. The largest absolute Gasteiger partial charge is 0.481 e. The van der Waals surface area contributed by atoms with E-state index in [1.807, 2.05) is 0 Å². The summed E-state index contributed by atoms with van der Waals surface area (Å²) in [5.41, 5.74) is -4.10. The summed E-state index contributed by atoms with van der Waals surface area (Å²) >= 11 is 0. The van der Waals surface area contributed by atoms with Crippen molar-refractivity contribution >= 4 is 17.9 Å². The number of carboxylic acids is 3. The van der Waals surface area contributed by atoms with Gasteiger partial charge in [-0.15, -0.1) is 0 Å². The Labute approximate surface area is 321 Å². The minimum atomic E-state index is -2.31. The van der Waals surface area contributed by atoms with Crippen molar-refractivity contribution in [3.8, 4) is 0 Å². The number of ether oxygens (including phenoxy) is 1. The molecular formula is C45H86O7. The van der Waals surface area contributed by atoms with E-state index >= 15 is 0 Å². The summed E-state index contributed by atoms with van der Waals surface area (Å²) < 4.78 is 6.15. The van der Waals surface area contributed by atoms with E-state index < -0.39 is 35.3 Å². The molecule has 7 nitrogen and oxygen atoms in total. The van der Waals surface area contributed by atoms with E-state index in [4.69, 9.17) is 4.74 Å². The summed E-state index contributed by atoms with van der Waals surface area (Å²) in [6.07, 6.45) is 36.2. The first-order valence-corrected chi connectivity index (χ1v) is 22.6. The zero-order valence-corrected chi connectivity index (χ0v) is 34.6. The molecule has 0 aromatic heterocycles. The Morgan fingerprint density at radius 1 is 0.385 bits per heavy atom. The lowest BCUT2D eigenvalue weighted by molar-refractivity contribution is -0.208. The van der Waals surface area contributed by atoms with Crippen LogP contribution in [-0.2, 0) is 19.1 Å². The zero-order chi connectivity index (χ0) is 38.6. The highest BCUT2D eigenvalue weighted by atomic mass is 16.5. The monoisotopic (exact) mass is 739 g/mol. The molecule has 1 atom stereocenters. The van der Waals surface area contributed by atoms with Crippen LogP contribution in [0, 0.1) is 5.41 Å². The van der Waals surface area contributed by atoms with Gasteiger partial charge >= 0.3 is 17.9 Å². The summed E-state index contributed by atoms with van der Waals surface area (Å²) in [5.74, 6) is -4.01. The molecule has 0 saturated heterocycles. The number of carboxylic acid groups (broad SMARTS) is 3. The number of hydrogen-bond donors (Lipinski definition) is 3. The molecule has 0 radical (unpaired) electrons. The van der Waals surface area contributed by atoms with Crippen LogP contribution in [0.25, 0.3) is 0 Å². The molecule has 52 heavy (non-hydrogen) atoms. The van der Waals surface area contributed by atoms with E-state index in [1.165, 1.54) is 122 Å². The van der Waals surface area contributed by atoms with Crippen molar-refractivity contribution < 1.29 is 34.4 Å². The second kappa shape index (κ2) is 35.1. The van der Waals surface area contributed by atoms with E-state index in [9.17, 15) is 29.7 Å². The maximum atomic E-state index is 13.4. The molecule has 0 fully saturated rings. The molecule has 1 unspecified atom stereocenters. The normalized spacial score (nSPS) is 13.0. The van der Waals surface area contributed by atoms with Crippen molar-refractivity contribution in [2.45, 2.75) is 258 Å². The lowest BCUT2D eigenvalue weighted by Gasteiger charge is -2.44. The van der Waals surface area contributed by atoms with Gasteiger partial charge in [0.1, 0.15) is 5.41 Å². The highest BCUT2D eigenvalue weighted by Crippen LogP contribution is 2.47. The second-order valence-electron chi connectivity index (χ2n) is 16.0. The van der Waals surface area contributed by atoms with Crippen LogP contribution in [0.5, 0.6) is 0 Å². The van der Waals surface area contributed by atoms with Gasteiger partial charge in [0.25, 0.3) is 0 Å². The number of hydrogen-bond acceptors (Lipinski definition) is 4. The van der Waals surface area contributed by atoms with Gasteiger partial charge in [-0.25, -0.2) is 4.79 Å². The van der Waals surface area contributed by atoms with Crippen molar-refractivity contribution in [3.63, 3.8) is 0 Å². The van der Waals surface area contributed by atoms with Crippen LogP contribution in [0.4, 0.5) is 0 Å². The predicted octanol–water partition coefficient (Wildman–Crippen LogP) is 14.1. The molecular weight excluding hydrogens is 652 g/mol. The SMILES string of the molecule is CCCCCCCCCCCCCOC(CC(=O)O)(C(=O)O)C(CCCCCCCCCCCCC)(CCCCCCCCCCCCC)C(=O)O. The predicted molar refractivity (Wildman–Crippen MR) is 217 cm³/mol. The van der Waals surface area contributed by atoms with Gasteiger partial charge in [-0.2, -0.15) is 0 Å². The van der Waals surface area contributed by atoms with Crippen molar-refractivity contribution in [2.24, 2.45) is 5.41 Å². The smallest absolute Gasteiger partial charge is 0.337 e. The van der Waals surface area contributed by atoms with Crippen molar-refractivity contribution in [3.05, 3.63) is 0 Å². The molecule has 0 heterocycles. The zero-order valence-electron chi connectivity index (χ0n) is 34.6. The van der Waals surface area contributed by atoms with Crippen LogP contribution < -0.4 is 0 Å². The molecule has 308 valence electrons. The van der Waals surface area contributed by atoms with Crippen LogP contribution in [0.3, 0.4) is 0 Å². The molecule has 0 aliphatic heterocycles. The van der Waals surface area contributed by atoms with Gasteiger partial charge in [-0.1, -0.05) is 226 Å². The maximum absolute atomic E-state index is 13.4. The second-order valence-corrected chi connectivity index (χ2v) is 16.0. The van der Waals surface area contributed by atoms with Gasteiger partial charge in [-0.05, 0) is 19.3 Å². The van der Waals surface area contributed by atoms with Gasteiger partial charge in [-0.3, -0.25) is 9.59 Å². The molecule has 0 spiro atoms. The molecule has 0 aliphatic rings. The quantitative estimate of drug-likeness (QED) is 0.0533. The maximum Gasteiger partial charge on any atom is 0.337 e. The third-order valence-corrected chi connectivity index (χ3v) is 11.4. The number of aliphatic carboxylic acids is 3. The van der Waals surface area contributed by atoms with Crippen LogP contribution >= 0.6 is 0 Å². The van der Waals surface area contributed by atoms with E-state index in [2.05, 4.69) is 20.8 Å². The first kappa shape index (κ1) is 50.4. The molecule has 7 heteroatoms. The minimum Gasteiger partial charge on any atom is -0.481 e.